The number of halogens is 3. The number of carbonyl (C=O) groups excluding carboxylic acids is 1. The number of rotatable bonds is 7. The van der Waals surface area contributed by atoms with Crippen molar-refractivity contribution in [2.75, 3.05) is 15.5 Å². The zero-order chi connectivity index (χ0) is 20.1. The van der Waals surface area contributed by atoms with Gasteiger partial charge in [0.05, 0.1) is 0 Å². The predicted octanol–water partition coefficient (Wildman–Crippen LogP) is 2.63. The average Bonchev–Trinajstić information content (AvgIpc) is 2.43. The number of hydrogen-bond donors (Lipinski definition) is 3. The van der Waals surface area contributed by atoms with E-state index in [9.17, 15) is 10.1 Å². The summed E-state index contributed by atoms with van der Waals surface area (Å²) in [7, 11) is 0. The Morgan fingerprint density at radius 2 is 1.54 bits per heavy atom. The van der Waals surface area contributed by atoms with Crippen LogP contribution >= 0.6 is 34.8 Å². The molecule has 12 heteroatoms. The van der Waals surface area contributed by atoms with E-state index in [-0.39, 0.29) is 29.9 Å². The van der Waals surface area contributed by atoms with Crippen LogP contribution in [0, 0.1) is 11.5 Å². The standard InChI is InChI=1S/C14H21Cl3N8O/c1-7(2)19-11-22-12(20-8(3)4)24-13(23-11)25(6-18)10(14(15,16)17)21-9(5)26/h7-8,10H,1-5H3,(H,21,26)(H2,19,20,22,23,24). The van der Waals surface area contributed by atoms with E-state index in [1.54, 1.807) is 0 Å². The van der Waals surface area contributed by atoms with E-state index < -0.39 is 15.9 Å². The molecule has 0 aliphatic heterocycles. The highest BCUT2D eigenvalue weighted by Gasteiger charge is 2.40. The molecule has 1 unspecified atom stereocenters. The second-order valence-corrected chi connectivity index (χ2v) is 8.36. The number of nitrogens with one attached hydrogen (secondary N) is 3. The summed E-state index contributed by atoms with van der Waals surface area (Å²) >= 11 is 17.8. The topological polar surface area (TPSA) is 119 Å². The fraction of sp³-hybridized carbons (Fsp3) is 0.643. The molecule has 0 aromatic carbocycles. The van der Waals surface area contributed by atoms with Crippen LogP contribution < -0.4 is 20.9 Å². The Balaban J connectivity index is 3.41. The number of nitriles is 1. The predicted molar refractivity (Wildman–Crippen MR) is 103 cm³/mol. The highest BCUT2D eigenvalue weighted by Crippen LogP contribution is 2.33. The third kappa shape index (κ3) is 6.86. The molecule has 0 saturated heterocycles. The molecule has 1 aromatic heterocycles. The third-order valence-electron chi connectivity index (χ3n) is 2.69. The molecule has 1 aromatic rings. The lowest BCUT2D eigenvalue weighted by atomic mass is 10.4. The Labute approximate surface area is 167 Å². The van der Waals surface area contributed by atoms with E-state index in [1.807, 2.05) is 33.9 Å². The molecule has 0 aliphatic rings. The van der Waals surface area contributed by atoms with Gasteiger partial charge in [0.25, 0.3) is 0 Å². The maximum atomic E-state index is 11.5. The van der Waals surface area contributed by atoms with Gasteiger partial charge in [-0.1, -0.05) is 34.8 Å². The van der Waals surface area contributed by atoms with Crippen LogP contribution in [0.5, 0.6) is 0 Å². The summed E-state index contributed by atoms with van der Waals surface area (Å²) in [5.74, 6) is -0.103. The van der Waals surface area contributed by atoms with Crippen molar-refractivity contribution in [1.29, 1.82) is 5.26 Å². The molecule has 3 N–H and O–H groups in total. The van der Waals surface area contributed by atoms with E-state index in [0.29, 0.717) is 0 Å². The second kappa shape index (κ2) is 9.26. The summed E-state index contributed by atoms with van der Waals surface area (Å²) in [5, 5.41) is 18.1. The van der Waals surface area contributed by atoms with E-state index in [4.69, 9.17) is 34.8 Å². The van der Waals surface area contributed by atoms with Crippen LogP contribution in [-0.4, -0.2) is 42.9 Å². The molecular formula is C14H21Cl3N8O. The first-order valence-electron chi connectivity index (χ1n) is 7.76. The Morgan fingerprint density at radius 3 is 1.85 bits per heavy atom. The molecule has 0 radical (unpaired) electrons. The Kier molecular flexibility index (Phi) is 7.93. The van der Waals surface area contributed by atoms with Crippen molar-refractivity contribution in [1.82, 2.24) is 20.3 Å². The number of aromatic nitrogens is 3. The van der Waals surface area contributed by atoms with Gasteiger partial charge in [0, 0.05) is 19.0 Å². The van der Waals surface area contributed by atoms with E-state index >= 15 is 0 Å². The number of nitrogens with zero attached hydrogens (tertiary/aromatic N) is 5. The molecule has 1 rings (SSSR count). The van der Waals surface area contributed by atoms with E-state index in [0.717, 1.165) is 4.90 Å². The molecular weight excluding hydrogens is 403 g/mol. The molecule has 1 amide bonds. The summed E-state index contributed by atoms with van der Waals surface area (Å²) in [5.41, 5.74) is 0. The van der Waals surface area contributed by atoms with Crippen LogP contribution in [0.25, 0.3) is 0 Å². The lowest BCUT2D eigenvalue weighted by Crippen LogP contribution is -2.54. The van der Waals surface area contributed by atoms with Gasteiger partial charge in [-0.3, -0.25) is 4.79 Å². The Bertz CT molecular complexity index is 643. The fourth-order valence-corrected chi connectivity index (χ4v) is 2.28. The maximum Gasteiger partial charge on any atom is 0.247 e. The van der Waals surface area contributed by atoms with Gasteiger partial charge in [-0.25, -0.2) is 4.90 Å². The van der Waals surface area contributed by atoms with Gasteiger partial charge < -0.3 is 16.0 Å². The minimum absolute atomic E-state index is 0.0343. The number of alkyl halides is 3. The number of anilines is 3. The lowest BCUT2D eigenvalue weighted by Gasteiger charge is -2.31. The van der Waals surface area contributed by atoms with Crippen LogP contribution in [0.3, 0.4) is 0 Å². The van der Waals surface area contributed by atoms with Crippen molar-refractivity contribution in [3.8, 4) is 6.19 Å². The van der Waals surface area contributed by atoms with Gasteiger partial charge in [0.15, 0.2) is 12.4 Å². The molecule has 0 fully saturated rings. The minimum atomic E-state index is -2.01. The van der Waals surface area contributed by atoms with Gasteiger partial charge in [-0.05, 0) is 27.7 Å². The minimum Gasteiger partial charge on any atom is -0.352 e. The molecule has 26 heavy (non-hydrogen) atoms. The molecule has 1 heterocycles. The lowest BCUT2D eigenvalue weighted by molar-refractivity contribution is -0.119. The fourth-order valence-electron chi connectivity index (χ4n) is 1.82. The zero-order valence-corrected chi connectivity index (χ0v) is 17.3. The highest BCUT2D eigenvalue weighted by molar-refractivity contribution is 6.68. The first kappa shape index (κ1) is 22.3. The SMILES string of the molecule is CC(=O)NC(N(C#N)c1nc(NC(C)C)nc(NC(C)C)n1)C(Cl)(Cl)Cl. The molecule has 0 bridgehead atoms. The van der Waals surface area contributed by atoms with Crippen molar-refractivity contribution < 1.29 is 4.79 Å². The van der Waals surface area contributed by atoms with Crippen molar-refractivity contribution in [3.05, 3.63) is 0 Å². The second-order valence-electron chi connectivity index (χ2n) is 6.00. The van der Waals surface area contributed by atoms with Crippen LogP contribution in [0.15, 0.2) is 0 Å². The molecule has 1 atom stereocenters. The monoisotopic (exact) mass is 422 g/mol. The normalized spacial score (nSPS) is 12.5. The van der Waals surface area contributed by atoms with Gasteiger partial charge in [-0.2, -0.15) is 20.2 Å². The van der Waals surface area contributed by atoms with E-state index in [1.165, 1.54) is 6.92 Å². The molecule has 0 saturated carbocycles. The van der Waals surface area contributed by atoms with Crippen LogP contribution in [0.4, 0.5) is 17.8 Å². The average molecular weight is 424 g/mol. The van der Waals surface area contributed by atoms with Crippen LogP contribution in [0.2, 0.25) is 0 Å². The maximum absolute atomic E-state index is 11.5. The molecule has 0 spiro atoms. The molecule has 0 aliphatic carbocycles. The summed E-state index contributed by atoms with van der Waals surface area (Å²) in [6, 6.07) is 0.0685. The highest BCUT2D eigenvalue weighted by atomic mass is 35.6. The summed E-state index contributed by atoms with van der Waals surface area (Å²) < 4.78 is -2.01. The number of hydrogen-bond acceptors (Lipinski definition) is 8. The summed E-state index contributed by atoms with van der Waals surface area (Å²) in [6.07, 6.45) is 0.539. The van der Waals surface area contributed by atoms with Gasteiger partial charge in [-0.15, -0.1) is 0 Å². The number of amides is 1. The van der Waals surface area contributed by atoms with Crippen LogP contribution in [0.1, 0.15) is 34.6 Å². The molecule has 144 valence electrons. The summed E-state index contributed by atoms with van der Waals surface area (Å²) in [6.45, 7) is 8.86. The van der Waals surface area contributed by atoms with Gasteiger partial charge >= 0.3 is 0 Å². The van der Waals surface area contributed by atoms with Crippen molar-refractivity contribution in [3.63, 3.8) is 0 Å². The Hall–Kier alpha value is -1.76. The first-order chi connectivity index (χ1) is 11.9. The zero-order valence-electron chi connectivity index (χ0n) is 15.0. The first-order valence-corrected chi connectivity index (χ1v) is 8.89. The van der Waals surface area contributed by atoms with Crippen molar-refractivity contribution in [2.45, 2.75) is 56.7 Å². The Morgan fingerprint density at radius 1 is 1.08 bits per heavy atom. The largest absolute Gasteiger partial charge is 0.352 e. The van der Waals surface area contributed by atoms with Gasteiger partial charge in [0.1, 0.15) is 0 Å². The summed E-state index contributed by atoms with van der Waals surface area (Å²) in [4.78, 5) is 25.0. The van der Waals surface area contributed by atoms with Gasteiger partial charge in [0.2, 0.25) is 27.5 Å². The third-order valence-corrected chi connectivity index (χ3v) is 3.31. The molecule has 9 nitrogen and oxygen atoms in total. The van der Waals surface area contributed by atoms with Crippen molar-refractivity contribution in [2.24, 2.45) is 0 Å². The quantitative estimate of drug-likeness (QED) is 0.265. The number of carbonyl (C=O) groups is 1. The smallest absolute Gasteiger partial charge is 0.247 e. The van der Waals surface area contributed by atoms with E-state index in [2.05, 4.69) is 30.9 Å². The van der Waals surface area contributed by atoms with Crippen LogP contribution in [-0.2, 0) is 4.79 Å². The van der Waals surface area contributed by atoms with Crippen molar-refractivity contribution >= 4 is 58.6 Å².